The van der Waals surface area contributed by atoms with Crippen molar-refractivity contribution in [3.05, 3.63) is 29.6 Å². The summed E-state index contributed by atoms with van der Waals surface area (Å²) in [5.74, 6) is -0.142. The molecule has 0 saturated heterocycles. The predicted molar refractivity (Wildman–Crippen MR) is 67.0 cm³/mol. The summed E-state index contributed by atoms with van der Waals surface area (Å²) in [4.78, 5) is 0. The number of ether oxygens (including phenoxy) is 1. The van der Waals surface area contributed by atoms with Crippen molar-refractivity contribution >= 4 is 5.84 Å². The van der Waals surface area contributed by atoms with Gasteiger partial charge in [-0.1, -0.05) is 20.8 Å². The van der Waals surface area contributed by atoms with Crippen molar-refractivity contribution in [3.8, 4) is 5.75 Å². The summed E-state index contributed by atoms with van der Waals surface area (Å²) in [6.45, 7) is 6.88. The summed E-state index contributed by atoms with van der Waals surface area (Å²) in [7, 11) is 0. The van der Waals surface area contributed by atoms with E-state index in [0.29, 0.717) is 17.9 Å². The lowest BCUT2D eigenvalue weighted by atomic mass is 9.93. The Morgan fingerprint density at radius 1 is 1.41 bits per heavy atom. The Morgan fingerprint density at radius 2 is 2.06 bits per heavy atom. The molecule has 0 amide bonds. The van der Waals surface area contributed by atoms with Crippen LogP contribution in [-0.2, 0) is 0 Å². The summed E-state index contributed by atoms with van der Waals surface area (Å²) in [5, 5.41) is 7.36. The predicted octanol–water partition coefficient (Wildman–Crippen LogP) is 2.92. The molecule has 0 saturated carbocycles. The average molecular weight is 238 g/mol. The number of halogens is 1. The quantitative estimate of drug-likeness (QED) is 0.626. The van der Waals surface area contributed by atoms with Crippen molar-refractivity contribution in [1.82, 2.24) is 0 Å². The number of nitrogen functional groups attached to an aromatic ring is 1. The van der Waals surface area contributed by atoms with Crippen LogP contribution in [0.5, 0.6) is 5.75 Å². The molecule has 0 atom stereocenters. The number of nitrogens with one attached hydrogen (secondary N) is 1. The van der Waals surface area contributed by atoms with Gasteiger partial charge < -0.3 is 10.5 Å². The third kappa shape index (κ3) is 4.43. The van der Waals surface area contributed by atoms with Gasteiger partial charge in [-0.2, -0.15) is 0 Å². The minimum atomic E-state index is -0.418. The minimum Gasteiger partial charge on any atom is -0.493 e. The fourth-order valence-electron chi connectivity index (χ4n) is 1.31. The maximum atomic E-state index is 13.0. The number of hydrogen-bond acceptors (Lipinski definition) is 2. The number of nitrogens with two attached hydrogens (primary N) is 1. The Kier molecular flexibility index (Phi) is 4.10. The molecule has 0 bridgehead atoms. The third-order valence-corrected chi connectivity index (χ3v) is 2.34. The van der Waals surface area contributed by atoms with E-state index in [1.54, 1.807) is 0 Å². The highest BCUT2D eigenvalue weighted by molar-refractivity contribution is 5.97. The largest absolute Gasteiger partial charge is 0.493 e. The summed E-state index contributed by atoms with van der Waals surface area (Å²) in [6.07, 6.45) is 0.877. The molecule has 94 valence electrons. The lowest BCUT2D eigenvalue weighted by Crippen LogP contribution is -2.16. The molecule has 17 heavy (non-hydrogen) atoms. The molecule has 0 aliphatic carbocycles. The first kappa shape index (κ1) is 13.5. The van der Waals surface area contributed by atoms with Crippen LogP contribution in [0.3, 0.4) is 0 Å². The van der Waals surface area contributed by atoms with E-state index in [1.807, 2.05) is 0 Å². The third-order valence-electron chi connectivity index (χ3n) is 2.34. The lowest BCUT2D eigenvalue weighted by molar-refractivity contribution is 0.242. The van der Waals surface area contributed by atoms with E-state index in [1.165, 1.54) is 18.2 Å². The van der Waals surface area contributed by atoms with Crippen LogP contribution in [0.15, 0.2) is 18.2 Å². The SMILES string of the molecule is CC(C)(C)CCOc1ccc(F)cc1C(=N)N. The van der Waals surface area contributed by atoms with Crippen LogP contribution in [0.2, 0.25) is 0 Å². The van der Waals surface area contributed by atoms with Crippen molar-refractivity contribution in [2.24, 2.45) is 11.1 Å². The number of amidine groups is 1. The summed E-state index contributed by atoms with van der Waals surface area (Å²) < 4.78 is 18.6. The molecule has 0 fully saturated rings. The summed E-state index contributed by atoms with van der Waals surface area (Å²) in [6, 6.07) is 4.03. The Hall–Kier alpha value is -1.58. The smallest absolute Gasteiger partial charge is 0.130 e. The minimum absolute atomic E-state index is 0.177. The van der Waals surface area contributed by atoms with Crippen LogP contribution >= 0.6 is 0 Å². The van der Waals surface area contributed by atoms with Gasteiger partial charge in [-0.15, -0.1) is 0 Å². The van der Waals surface area contributed by atoms with Gasteiger partial charge >= 0.3 is 0 Å². The highest BCUT2D eigenvalue weighted by Gasteiger charge is 2.12. The number of rotatable bonds is 4. The zero-order valence-corrected chi connectivity index (χ0v) is 10.5. The van der Waals surface area contributed by atoms with Crippen LogP contribution < -0.4 is 10.5 Å². The molecular weight excluding hydrogens is 219 g/mol. The van der Waals surface area contributed by atoms with E-state index < -0.39 is 5.82 Å². The lowest BCUT2D eigenvalue weighted by Gasteiger charge is -2.19. The molecule has 3 N–H and O–H groups in total. The maximum absolute atomic E-state index is 13.0. The first-order valence-corrected chi connectivity index (χ1v) is 5.56. The van der Waals surface area contributed by atoms with E-state index >= 15 is 0 Å². The number of benzene rings is 1. The van der Waals surface area contributed by atoms with Crippen molar-refractivity contribution in [3.63, 3.8) is 0 Å². The Labute approximate surface area is 101 Å². The van der Waals surface area contributed by atoms with E-state index in [4.69, 9.17) is 15.9 Å². The molecule has 0 spiro atoms. The molecule has 0 unspecified atom stereocenters. The van der Waals surface area contributed by atoms with Gasteiger partial charge in [0.2, 0.25) is 0 Å². The molecular formula is C13H19FN2O. The summed E-state index contributed by atoms with van der Waals surface area (Å²) in [5.41, 5.74) is 5.86. The number of hydrogen-bond donors (Lipinski definition) is 2. The second-order valence-corrected chi connectivity index (χ2v) is 5.21. The molecule has 0 heterocycles. The van der Waals surface area contributed by atoms with Gasteiger partial charge in [0.15, 0.2) is 0 Å². The van der Waals surface area contributed by atoms with Crippen LogP contribution in [0.1, 0.15) is 32.8 Å². The molecule has 1 aromatic rings. The van der Waals surface area contributed by atoms with E-state index in [0.717, 1.165) is 6.42 Å². The molecule has 1 rings (SSSR count). The Morgan fingerprint density at radius 3 is 2.59 bits per heavy atom. The molecule has 1 aromatic carbocycles. The fourth-order valence-corrected chi connectivity index (χ4v) is 1.31. The van der Waals surface area contributed by atoms with Crippen molar-refractivity contribution < 1.29 is 9.13 Å². The van der Waals surface area contributed by atoms with Crippen LogP contribution in [0, 0.1) is 16.6 Å². The Balaban J connectivity index is 2.74. The second-order valence-electron chi connectivity index (χ2n) is 5.21. The summed E-state index contributed by atoms with van der Waals surface area (Å²) >= 11 is 0. The van der Waals surface area contributed by atoms with Gasteiger partial charge in [0, 0.05) is 0 Å². The van der Waals surface area contributed by atoms with Gasteiger partial charge in [0.05, 0.1) is 12.2 Å². The molecule has 0 aliphatic rings. The van der Waals surface area contributed by atoms with Crippen LogP contribution in [0.25, 0.3) is 0 Å². The van der Waals surface area contributed by atoms with E-state index in [2.05, 4.69) is 20.8 Å². The van der Waals surface area contributed by atoms with Crippen molar-refractivity contribution in [2.45, 2.75) is 27.2 Å². The maximum Gasteiger partial charge on any atom is 0.130 e. The topological polar surface area (TPSA) is 59.1 Å². The highest BCUT2D eigenvalue weighted by Crippen LogP contribution is 2.22. The van der Waals surface area contributed by atoms with Gasteiger partial charge in [0.1, 0.15) is 17.4 Å². The molecule has 4 heteroatoms. The zero-order valence-electron chi connectivity index (χ0n) is 10.5. The van der Waals surface area contributed by atoms with Crippen molar-refractivity contribution in [2.75, 3.05) is 6.61 Å². The molecule has 0 aromatic heterocycles. The monoisotopic (exact) mass is 238 g/mol. The first-order chi connectivity index (χ1) is 7.79. The van der Waals surface area contributed by atoms with E-state index in [9.17, 15) is 4.39 Å². The Bertz CT molecular complexity index is 410. The average Bonchev–Trinajstić information content (AvgIpc) is 2.18. The zero-order chi connectivity index (χ0) is 13.1. The van der Waals surface area contributed by atoms with E-state index in [-0.39, 0.29) is 11.3 Å². The molecule has 3 nitrogen and oxygen atoms in total. The standard InChI is InChI=1S/C13H19FN2O/c1-13(2,3)6-7-17-11-5-4-9(14)8-10(11)12(15)16/h4-5,8H,6-7H2,1-3H3,(H3,15,16). The van der Waals surface area contributed by atoms with Gasteiger partial charge in [-0.3, -0.25) is 5.41 Å². The fraction of sp³-hybridized carbons (Fsp3) is 0.462. The van der Waals surface area contributed by atoms with Gasteiger partial charge in [-0.25, -0.2) is 4.39 Å². The van der Waals surface area contributed by atoms with Gasteiger partial charge in [0.25, 0.3) is 0 Å². The van der Waals surface area contributed by atoms with Crippen LogP contribution in [-0.4, -0.2) is 12.4 Å². The highest BCUT2D eigenvalue weighted by atomic mass is 19.1. The van der Waals surface area contributed by atoms with Gasteiger partial charge in [-0.05, 0) is 30.0 Å². The normalized spacial score (nSPS) is 11.3. The van der Waals surface area contributed by atoms with Crippen LogP contribution in [0.4, 0.5) is 4.39 Å². The second kappa shape index (κ2) is 5.17. The molecule has 0 radical (unpaired) electrons. The van der Waals surface area contributed by atoms with Crippen molar-refractivity contribution in [1.29, 1.82) is 5.41 Å². The first-order valence-electron chi connectivity index (χ1n) is 5.56. The molecule has 0 aliphatic heterocycles.